The van der Waals surface area contributed by atoms with Crippen molar-refractivity contribution >= 4 is 0 Å². The van der Waals surface area contributed by atoms with Crippen molar-refractivity contribution in [3.05, 3.63) is 18.0 Å². The number of rotatable bonds is 7. The minimum absolute atomic E-state index is 0.387. The van der Waals surface area contributed by atoms with Crippen LogP contribution in [0.25, 0.3) is 0 Å². The van der Waals surface area contributed by atoms with Crippen molar-refractivity contribution in [1.29, 1.82) is 0 Å². The van der Waals surface area contributed by atoms with E-state index in [9.17, 15) is 0 Å². The number of aromatic nitrogens is 2. The molecular formula is C16H31N3. The van der Waals surface area contributed by atoms with Crippen molar-refractivity contribution in [2.45, 2.75) is 59.9 Å². The van der Waals surface area contributed by atoms with Gasteiger partial charge in [-0.05, 0) is 43.2 Å². The zero-order valence-electron chi connectivity index (χ0n) is 13.5. The number of nitrogens with zero attached hydrogens (tertiary/aromatic N) is 2. The highest BCUT2D eigenvalue weighted by Gasteiger charge is 2.21. The third-order valence-corrected chi connectivity index (χ3v) is 3.33. The van der Waals surface area contributed by atoms with Crippen molar-refractivity contribution in [3.63, 3.8) is 0 Å². The third kappa shape index (κ3) is 6.24. The quantitative estimate of drug-likeness (QED) is 0.809. The largest absolute Gasteiger partial charge is 0.309 e. The molecule has 0 spiro atoms. The maximum absolute atomic E-state index is 4.57. The van der Waals surface area contributed by atoms with Crippen LogP contribution in [0.15, 0.2) is 12.3 Å². The van der Waals surface area contributed by atoms with Gasteiger partial charge in [-0.3, -0.25) is 4.68 Å². The number of aryl methyl sites for hydroxylation is 1. The Bertz CT molecular complexity index is 362. The van der Waals surface area contributed by atoms with Gasteiger partial charge in [-0.2, -0.15) is 5.10 Å². The second kappa shape index (κ2) is 7.09. The average molecular weight is 265 g/mol. The van der Waals surface area contributed by atoms with Crippen LogP contribution in [0.4, 0.5) is 0 Å². The van der Waals surface area contributed by atoms with Crippen molar-refractivity contribution in [3.8, 4) is 0 Å². The number of hydrogen-bond acceptors (Lipinski definition) is 2. The fourth-order valence-corrected chi connectivity index (χ4v) is 2.78. The molecule has 0 saturated heterocycles. The fourth-order valence-electron chi connectivity index (χ4n) is 2.78. The summed E-state index contributed by atoms with van der Waals surface area (Å²) >= 11 is 0. The van der Waals surface area contributed by atoms with Crippen molar-refractivity contribution in [2.75, 3.05) is 6.54 Å². The number of hydrogen-bond donors (Lipinski definition) is 1. The van der Waals surface area contributed by atoms with E-state index in [1.165, 1.54) is 12.1 Å². The monoisotopic (exact) mass is 265 g/mol. The Morgan fingerprint density at radius 1 is 1.37 bits per heavy atom. The maximum atomic E-state index is 4.57. The molecule has 0 saturated carbocycles. The molecule has 0 aliphatic carbocycles. The molecule has 1 heterocycles. The van der Waals surface area contributed by atoms with Gasteiger partial charge in [0.1, 0.15) is 0 Å². The van der Waals surface area contributed by atoms with E-state index in [1.807, 2.05) is 17.9 Å². The molecule has 1 N–H and O–H groups in total. The molecule has 2 atom stereocenters. The Hall–Kier alpha value is -0.830. The van der Waals surface area contributed by atoms with Crippen LogP contribution in [0.1, 0.15) is 65.6 Å². The zero-order valence-corrected chi connectivity index (χ0v) is 13.5. The Kier molecular flexibility index (Phi) is 6.05. The second-order valence-corrected chi connectivity index (χ2v) is 7.03. The van der Waals surface area contributed by atoms with Gasteiger partial charge >= 0.3 is 0 Å². The molecule has 2 unspecified atom stereocenters. The predicted molar refractivity (Wildman–Crippen MR) is 82.1 cm³/mol. The molecule has 19 heavy (non-hydrogen) atoms. The highest BCUT2D eigenvalue weighted by Crippen LogP contribution is 2.30. The molecule has 0 amide bonds. The first-order valence-corrected chi connectivity index (χ1v) is 7.54. The van der Waals surface area contributed by atoms with Crippen LogP contribution in [0.2, 0.25) is 0 Å². The van der Waals surface area contributed by atoms with Crippen molar-refractivity contribution in [2.24, 2.45) is 18.4 Å². The van der Waals surface area contributed by atoms with E-state index >= 15 is 0 Å². The Morgan fingerprint density at radius 3 is 2.53 bits per heavy atom. The van der Waals surface area contributed by atoms with E-state index in [0.29, 0.717) is 17.4 Å². The predicted octanol–water partition coefficient (Wildman–Crippen LogP) is 3.92. The number of nitrogens with one attached hydrogen (secondary N) is 1. The Balaban J connectivity index is 2.64. The topological polar surface area (TPSA) is 29.9 Å². The lowest BCUT2D eigenvalue weighted by Gasteiger charge is -2.26. The molecule has 0 bridgehead atoms. The van der Waals surface area contributed by atoms with Gasteiger partial charge < -0.3 is 5.32 Å². The normalized spacial score (nSPS) is 15.5. The molecule has 1 rings (SSSR count). The van der Waals surface area contributed by atoms with E-state index in [4.69, 9.17) is 0 Å². The van der Waals surface area contributed by atoms with E-state index < -0.39 is 0 Å². The summed E-state index contributed by atoms with van der Waals surface area (Å²) in [6.07, 6.45) is 5.61. The SMILES string of the molecule is CCCNC(CC(C)CC(C)(C)C)c1ccn(C)n1. The van der Waals surface area contributed by atoms with E-state index in [-0.39, 0.29) is 0 Å². The zero-order chi connectivity index (χ0) is 14.5. The summed E-state index contributed by atoms with van der Waals surface area (Å²) < 4.78 is 1.89. The minimum Gasteiger partial charge on any atom is -0.309 e. The van der Waals surface area contributed by atoms with Crippen LogP contribution in [0, 0.1) is 11.3 Å². The van der Waals surface area contributed by atoms with Gasteiger partial charge in [0.25, 0.3) is 0 Å². The second-order valence-electron chi connectivity index (χ2n) is 7.03. The first kappa shape index (κ1) is 16.2. The van der Waals surface area contributed by atoms with Gasteiger partial charge in [0.15, 0.2) is 0 Å². The molecule has 1 aromatic heterocycles. The van der Waals surface area contributed by atoms with Crippen LogP contribution in [0.3, 0.4) is 0 Å². The van der Waals surface area contributed by atoms with Gasteiger partial charge in [-0.1, -0.05) is 34.6 Å². The van der Waals surface area contributed by atoms with Gasteiger partial charge in [0.2, 0.25) is 0 Å². The highest BCUT2D eigenvalue weighted by molar-refractivity contribution is 5.05. The van der Waals surface area contributed by atoms with E-state index in [1.54, 1.807) is 0 Å². The average Bonchev–Trinajstić information content (AvgIpc) is 2.68. The van der Waals surface area contributed by atoms with Crippen molar-refractivity contribution < 1.29 is 0 Å². The van der Waals surface area contributed by atoms with Gasteiger partial charge in [0.05, 0.1) is 11.7 Å². The third-order valence-electron chi connectivity index (χ3n) is 3.33. The summed E-state index contributed by atoms with van der Waals surface area (Å²) in [4.78, 5) is 0. The lowest BCUT2D eigenvalue weighted by atomic mass is 9.82. The molecule has 110 valence electrons. The van der Waals surface area contributed by atoms with Crippen LogP contribution in [-0.4, -0.2) is 16.3 Å². The minimum atomic E-state index is 0.387. The standard InChI is InChI=1S/C16H31N3/c1-7-9-17-15(14-8-10-19(6)18-14)11-13(2)12-16(3,4)5/h8,10,13,15,17H,7,9,11-12H2,1-6H3. The Labute approximate surface area is 118 Å². The Morgan fingerprint density at radius 2 is 2.05 bits per heavy atom. The molecule has 0 aliphatic rings. The molecule has 3 heteroatoms. The van der Waals surface area contributed by atoms with Crippen LogP contribution in [-0.2, 0) is 7.05 Å². The van der Waals surface area contributed by atoms with E-state index in [0.717, 1.165) is 19.4 Å². The summed E-state index contributed by atoms with van der Waals surface area (Å²) in [6, 6.07) is 2.52. The van der Waals surface area contributed by atoms with Crippen LogP contribution in [0.5, 0.6) is 0 Å². The van der Waals surface area contributed by atoms with Crippen LogP contribution >= 0.6 is 0 Å². The van der Waals surface area contributed by atoms with Gasteiger partial charge in [0, 0.05) is 13.2 Å². The van der Waals surface area contributed by atoms with Crippen molar-refractivity contribution in [1.82, 2.24) is 15.1 Å². The summed E-state index contributed by atoms with van der Waals surface area (Å²) in [5.74, 6) is 0.705. The molecule has 0 radical (unpaired) electrons. The molecule has 0 aromatic carbocycles. The smallest absolute Gasteiger partial charge is 0.0793 e. The molecule has 0 fully saturated rings. The summed E-state index contributed by atoms with van der Waals surface area (Å²) in [7, 11) is 1.99. The molecule has 3 nitrogen and oxygen atoms in total. The molecule has 0 aliphatic heterocycles. The molecular weight excluding hydrogens is 234 g/mol. The van der Waals surface area contributed by atoms with E-state index in [2.05, 4.69) is 51.1 Å². The summed E-state index contributed by atoms with van der Waals surface area (Å²) in [6.45, 7) is 12.6. The van der Waals surface area contributed by atoms with Crippen LogP contribution < -0.4 is 5.32 Å². The first-order chi connectivity index (χ1) is 8.81. The van der Waals surface area contributed by atoms with Gasteiger partial charge in [-0.25, -0.2) is 0 Å². The maximum Gasteiger partial charge on any atom is 0.0793 e. The summed E-state index contributed by atoms with van der Waals surface area (Å²) in [5, 5.41) is 8.21. The first-order valence-electron chi connectivity index (χ1n) is 7.54. The summed E-state index contributed by atoms with van der Waals surface area (Å²) in [5.41, 5.74) is 1.58. The molecule has 1 aromatic rings. The lowest BCUT2D eigenvalue weighted by molar-refractivity contribution is 0.274. The lowest BCUT2D eigenvalue weighted by Crippen LogP contribution is -2.25. The highest BCUT2D eigenvalue weighted by atomic mass is 15.3. The fraction of sp³-hybridized carbons (Fsp3) is 0.812. The van der Waals surface area contributed by atoms with Gasteiger partial charge in [-0.15, -0.1) is 0 Å².